The minimum absolute atomic E-state index is 1.01. The minimum atomic E-state index is 1.01. The van der Waals surface area contributed by atoms with Gasteiger partial charge in [0.2, 0.25) is 0 Å². The molecule has 1 aliphatic rings. The highest BCUT2D eigenvalue weighted by molar-refractivity contribution is 7.28. The molecule has 0 radical (unpaired) electrons. The van der Waals surface area contributed by atoms with Crippen LogP contribution in [0.5, 0.6) is 0 Å². The third-order valence-electron chi connectivity index (χ3n) is 9.17. The predicted molar refractivity (Wildman–Crippen MR) is 201 cm³/mol. The second kappa shape index (κ2) is 12.0. The molecule has 7 aromatic rings. The number of rotatable bonds is 6. The molecular weight excluding hydrogens is 575 g/mol. The molecule has 1 aliphatic carbocycles. The van der Waals surface area contributed by atoms with Crippen molar-refractivity contribution in [2.24, 2.45) is 0 Å². The molecule has 0 unspecified atom stereocenters. The van der Waals surface area contributed by atoms with Crippen LogP contribution in [0.3, 0.4) is 0 Å². The van der Waals surface area contributed by atoms with E-state index in [1.165, 1.54) is 74.4 Å². The highest BCUT2D eigenvalue weighted by Crippen LogP contribution is 2.47. The van der Waals surface area contributed by atoms with Crippen molar-refractivity contribution in [2.45, 2.75) is 26.7 Å². The summed E-state index contributed by atoms with van der Waals surface area (Å²) in [5.74, 6) is 4.43. The maximum absolute atomic E-state index is 2.50. The molecule has 0 saturated heterocycles. The van der Waals surface area contributed by atoms with Crippen LogP contribution >= 0.6 is 8.19 Å². The Labute approximate surface area is 272 Å². The quantitative estimate of drug-likeness (QED) is 0.173. The lowest BCUT2D eigenvalue weighted by Gasteiger charge is -2.32. The number of para-hydroxylation sites is 1. The Morgan fingerprint density at radius 2 is 0.978 bits per heavy atom. The van der Waals surface area contributed by atoms with Gasteiger partial charge in [-0.3, -0.25) is 0 Å². The van der Waals surface area contributed by atoms with E-state index < -0.39 is 0 Å². The van der Waals surface area contributed by atoms with Crippen molar-refractivity contribution >= 4 is 68.9 Å². The van der Waals surface area contributed by atoms with Crippen LogP contribution in [0.2, 0.25) is 0 Å². The Morgan fingerprint density at radius 3 is 1.57 bits per heavy atom. The number of allylic oxidation sites excluding steroid dienone is 4. The minimum Gasteiger partial charge on any atom is -0.314 e. The van der Waals surface area contributed by atoms with E-state index in [9.17, 15) is 0 Å². The first-order valence-corrected chi connectivity index (χ1v) is 17.0. The molecule has 0 atom stereocenters. The molecule has 0 fully saturated rings. The highest BCUT2D eigenvalue weighted by Gasteiger charge is 2.23. The van der Waals surface area contributed by atoms with Crippen molar-refractivity contribution in [3.8, 4) is 0 Å². The average Bonchev–Trinajstić information content (AvgIpc) is 3.11. The number of benzene rings is 6. The summed E-state index contributed by atoms with van der Waals surface area (Å²) in [5.41, 5.74) is 9.91. The van der Waals surface area contributed by atoms with Crippen molar-refractivity contribution in [1.29, 1.82) is 0 Å². The number of anilines is 5. The SMILES string of the molecule is CC1=CC=C(N(c2ccc(C)cc2)c2cc3c4ccccc4c(N(c4ccccc4)c4ccpcc4)cc3c3ccccc23)CC1. The van der Waals surface area contributed by atoms with Gasteiger partial charge in [-0.15, -0.1) is 0 Å². The first-order chi connectivity index (χ1) is 22.7. The fraction of sp³-hybridized carbons (Fsp3) is 0.0930. The zero-order chi connectivity index (χ0) is 31.0. The lowest BCUT2D eigenvalue weighted by molar-refractivity contribution is 0.876. The molecular formula is C43H35N2P. The van der Waals surface area contributed by atoms with Gasteiger partial charge in [-0.05, 0) is 114 Å². The number of hydrogen-bond donors (Lipinski definition) is 0. The van der Waals surface area contributed by atoms with Crippen LogP contribution in [-0.2, 0) is 0 Å². The van der Waals surface area contributed by atoms with Crippen LogP contribution in [0.15, 0.2) is 162 Å². The third kappa shape index (κ3) is 5.06. The van der Waals surface area contributed by atoms with E-state index >= 15 is 0 Å². The first kappa shape index (κ1) is 28.3. The second-order valence-corrected chi connectivity index (χ2v) is 13.1. The zero-order valence-corrected chi connectivity index (χ0v) is 27.1. The molecule has 6 aromatic carbocycles. The number of nitrogens with zero attached hydrogens (tertiary/aromatic N) is 2. The molecule has 8 rings (SSSR count). The molecule has 1 aromatic heterocycles. The van der Waals surface area contributed by atoms with Crippen LogP contribution in [-0.4, -0.2) is 0 Å². The fourth-order valence-electron chi connectivity index (χ4n) is 6.85. The van der Waals surface area contributed by atoms with E-state index in [4.69, 9.17) is 0 Å². The standard InChI is InChI=1S/C43H35N2P/c1-30-16-20-33(21-17-30)45(34-22-18-31(2)19-23-34)43-29-41-36-12-6-8-14-38(36)42(28-40(41)37-13-7-9-15-39(37)43)44(32-10-4-3-5-11-32)35-24-26-46-27-25-35/h3-18,20-22,24-29H,19,23H2,1-2H3. The smallest absolute Gasteiger partial charge is 0.0546 e. The van der Waals surface area contributed by atoms with Gasteiger partial charge in [0.05, 0.1) is 11.4 Å². The van der Waals surface area contributed by atoms with Crippen molar-refractivity contribution in [1.82, 2.24) is 0 Å². The van der Waals surface area contributed by atoms with E-state index in [2.05, 4.69) is 175 Å². The summed E-state index contributed by atoms with van der Waals surface area (Å²) < 4.78 is 0. The largest absolute Gasteiger partial charge is 0.314 e. The van der Waals surface area contributed by atoms with Crippen molar-refractivity contribution < 1.29 is 0 Å². The van der Waals surface area contributed by atoms with Crippen LogP contribution in [0.1, 0.15) is 25.3 Å². The van der Waals surface area contributed by atoms with Gasteiger partial charge in [0, 0.05) is 33.5 Å². The van der Waals surface area contributed by atoms with Crippen LogP contribution in [0.4, 0.5) is 28.4 Å². The summed E-state index contributed by atoms with van der Waals surface area (Å²) in [6.45, 7) is 4.39. The Morgan fingerprint density at radius 1 is 0.457 bits per heavy atom. The zero-order valence-electron chi connectivity index (χ0n) is 26.2. The molecule has 222 valence electrons. The molecule has 0 saturated carbocycles. The Balaban J connectivity index is 1.45. The second-order valence-electron chi connectivity index (χ2n) is 12.2. The van der Waals surface area contributed by atoms with Gasteiger partial charge >= 0.3 is 0 Å². The van der Waals surface area contributed by atoms with Gasteiger partial charge in [-0.1, -0.05) is 104 Å². The lowest BCUT2D eigenvalue weighted by atomic mass is 9.93. The average molecular weight is 611 g/mol. The topological polar surface area (TPSA) is 6.48 Å². The van der Waals surface area contributed by atoms with E-state index in [-0.39, 0.29) is 0 Å². The van der Waals surface area contributed by atoms with Crippen molar-refractivity contribution in [2.75, 3.05) is 9.80 Å². The predicted octanol–water partition coefficient (Wildman–Crippen LogP) is 13.3. The number of hydrogen-bond acceptors (Lipinski definition) is 2. The van der Waals surface area contributed by atoms with E-state index in [0.29, 0.717) is 0 Å². The van der Waals surface area contributed by atoms with Crippen molar-refractivity contribution in [3.05, 3.63) is 168 Å². The molecule has 3 heteroatoms. The summed E-state index contributed by atoms with van der Waals surface area (Å²) in [4.78, 5) is 4.90. The van der Waals surface area contributed by atoms with Gasteiger partial charge in [0.15, 0.2) is 0 Å². The Hall–Kier alpha value is -5.17. The Kier molecular flexibility index (Phi) is 7.37. The van der Waals surface area contributed by atoms with Gasteiger partial charge < -0.3 is 9.80 Å². The first-order valence-electron chi connectivity index (χ1n) is 16.0. The van der Waals surface area contributed by atoms with E-state index in [1.54, 1.807) is 0 Å². The lowest BCUT2D eigenvalue weighted by Crippen LogP contribution is -2.18. The normalized spacial score (nSPS) is 13.1. The maximum atomic E-state index is 2.50. The molecule has 0 aliphatic heterocycles. The molecule has 1 heterocycles. The number of fused-ring (bicyclic) bond motifs is 5. The summed E-state index contributed by atoms with van der Waals surface area (Å²) >= 11 is 0. The monoisotopic (exact) mass is 610 g/mol. The van der Waals surface area contributed by atoms with Crippen LogP contribution in [0.25, 0.3) is 32.3 Å². The molecule has 0 spiro atoms. The number of aryl methyl sites for hydroxylation is 1. The van der Waals surface area contributed by atoms with Gasteiger partial charge in [0.1, 0.15) is 0 Å². The van der Waals surface area contributed by atoms with E-state index in [0.717, 1.165) is 24.2 Å². The van der Waals surface area contributed by atoms with Gasteiger partial charge in [-0.2, -0.15) is 0 Å². The molecule has 2 nitrogen and oxygen atoms in total. The molecule has 0 amide bonds. The van der Waals surface area contributed by atoms with E-state index in [1.807, 2.05) is 0 Å². The maximum Gasteiger partial charge on any atom is 0.0546 e. The summed E-state index contributed by atoms with van der Waals surface area (Å²) in [5, 5.41) is 7.51. The molecule has 46 heavy (non-hydrogen) atoms. The highest BCUT2D eigenvalue weighted by atomic mass is 31.0. The van der Waals surface area contributed by atoms with Gasteiger partial charge in [-0.25, -0.2) is 0 Å². The summed E-state index contributed by atoms with van der Waals surface area (Å²) in [6.07, 6.45) is 6.68. The summed E-state index contributed by atoms with van der Waals surface area (Å²) in [7, 11) is 1.21. The molecule has 0 bridgehead atoms. The van der Waals surface area contributed by atoms with Crippen LogP contribution in [0, 0.1) is 6.92 Å². The summed E-state index contributed by atoms with van der Waals surface area (Å²) in [6, 6.07) is 46.9. The van der Waals surface area contributed by atoms with Gasteiger partial charge in [0.25, 0.3) is 0 Å². The Bertz CT molecular complexity index is 2230. The molecule has 0 N–H and O–H groups in total. The third-order valence-corrected chi connectivity index (χ3v) is 9.81. The van der Waals surface area contributed by atoms with Crippen molar-refractivity contribution in [3.63, 3.8) is 0 Å². The fourth-order valence-corrected chi connectivity index (χ4v) is 7.43. The van der Waals surface area contributed by atoms with Crippen LogP contribution < -0.4 is 9.80 Å².